The van der Waals surface area contributed by atoms with Crippen LogP contribution in [0.4, 0.5) is 5.82 Å². The third-order valence-electron chi connectivity index (χ3n) is 2.41. The van der Waals surface area contributed by atoms with Crippen LogP contribution >= 0.6 is 27.3 Å². The fraction of sp³-hybridized carbons (Fsp3) is 0.250. The summed E-state index contributed by atoms with van der Waals surface area (Å²) in [5.74, 6) is 0.377. The molecule has 100 valence electrons. The van der Waals surface area contributed by atoms with E-state index in [9.17, 15) is 4.79 Å². The molecule has 0 aromatic carbocycles. The minimum atomic E-state index is -0.175. The maximum Gasteiger partial charge on any atom is 0.255 e. The Bertz CT molecular complexity index is 599. The molecule has 0 bridgehead atoms. The average Bonchev–Trinajstić information content (AvgIpc) is 2.81. The zero-order valence-electron chi connectivity index (χ0n) is 10.5. The molecule has 0 unspecified atom stereocenters. The van der Waals surface area contributed by atoms with Crippen LogP contribution in [-0.2, 0) is 6.54 Å². The topological polar surface area (TPSA) is 66.9 Å². The first-order valence-corrected chi connectivity index (χ1v) is 7.24. The third kappa shape index (κ3) is 3.51. The molecule has 0 aliphatic carbocycles. The molecule has 2 rings (SSSR count). The van der Waals surface area contributed by atoms with E-state index < -0.39 is 0 Å². The molecule has 0 fully saturated rings. The second-order valence-electron chi connectivity index (χ2n) is 3.85. The first-order chi connectivity index (χ1) is 9.10. The van der Waals surface area contributed by atoms with E-state index in [1.807, 2.05) is 6.92 Å². The van der Waals surface area contributed by atoms with Crippen molar-refractivity contribution < 1.29 is 4.79 Å². The summed E-state index contributed by atoms with van der Waals surface area (Å²) in [5.41, 5.74) is 0.505. The van der Waals surface area contributed by atoms with Crippen LogP contribution in [0.3, 0.4) is 0 Å². The predicted octanol–water partition coefficient (Wildman–Crippen LogP) is 2.58. The van der Waals surface area contributed by atoms with Crippen LogP contribution in [0.25, 0.3) is 0 Å². The lowest BCUT2D eigenvalue weighted by Gasteiger charge is -2.08. The molecule has 19 heavy (non-hydrogen) atoms. The van der Waals surface area contributed by atoms with Crippen LogP contribution in [-0.4, -0.2) is 22.9 Å². The number of hydrogen-bond donors (Lipinski definition) is 2. The maximum absolute atomic E-state index is 12.1. The van der Waals surface area contributed by atoms with Crippen LogP contribution in [0.1, 0.15) is 20.2 Å². The minimum Gasteiger partial charge on any atom is -0.372 e. The second-order valence-corrected chi connectivity index (χ2v) is 6.08. The summed E-state index contributed by atoms with van der Waals surface area (Å²) in [4.78, 5) is 21.6. The molecule has 7 heteroatoms. The van der Waals surface area contributed by atoms with Gasteiger partial charge in [-0.3, -0.25) is 4.79 Å². The molecule has 0 aliphatic rings. The Morgan fingerprint density at radius 1 is 1.42 bits per heavy atom. The SMILES string of the molecule is CNc1ncc(Br)cc1C(=O)NCc1ncc(C)s1. The molecule has 2 N–H and O–H groups in total. The van der Waals surface area contributed by atoms with Gasteiger partial charge in [0.15, 0.2) is 0 Å². The van der Waals surface area contributed by atoms with Gasteiger partial charge in [0, 0.05) is 28.8 Å². The van der Waals surface area contributed by atoms with E-state index in [4.69, 9.17) is 0 Å². The van der Waals surface area contributed by atoms with Crippen molar-refractivity contribution in [3.05, 3.63) is 38.4 Å². The number of amides is 1. The number of pyridine rings is 1. The van der Waals surface area contributed by atoms with Gasteiger partial charge in [-0.05, 0) is 28.9 Å². The molecule has 0 atom stereocenters. The summed E-state index contributed by atoms with van der Waals surface area (Å²) in [6, 6.07) is 1.74. The molecule has 0 aliphatic heterocycles. The molecule has 2 aromatic rings. The van der Waals surface area contributed by atoms with Crippen LogP contribution in [0.2, 0.25) is 0 Å². The molecule has 2 aromatic heterocycles. The first kappa shape index (κ1) is 14.0. The van der Waals surface area contributed by atoms with Gasteiger partial charge in [-0.1, -0.05) is 0 Å². The van der Waals surface area contributed by atoms with Crippen molar-refractivity contribution >= 4 is 39.0 Å². The highest BCUT2D eigenvalue weighted by atomic mass is 79.9. The van der Waals surface area contributed by atoms with Crippen molar-refractivity contribution in [2.24, 2.45) is 0 Å². The summed E-state index contributed by atoms with van der Waals surface area (Å²) < 4.78 is 0.766. The normalized spacial score (nSPS) is 10.3. The largest absolute Gasteiger partial charge is 0.372 e. The molecule has 0 radical (unpaired) electrons. The van der Waals surface area contributed by atoms with E-state index >= 15 is 0 Å². The smallest absolute Gasteiger partial charge is 0.255 e. The number of halogens is 1. The Hall–Kier alpha value is -1.47. The lowest BCUT2D eigenvalue weighted by molar-refractivity contribution is 0.0951. The first-order valence-electron chi connectivity index (χ1n) is 5.63. The Morgan fingerprint density at radius 2 is 2.21 bits per heavy atom. The number of hydrogen-bond acceptors (Lipinski definition) is 5. The Labute approximate surface area is 123 Å². The molecule has 0 saturated heterocycles. The van der Waals surface area contributed by atoms with Crippen molar-refractivity contribution in [2.75, 3.05) is 12.4 Å². The van der Waals surface area contributed by atoms with Gasteiger partial charge in [0.25, 0.3) is 5.91 Å². The van der Waals surface area contributed by atoms with Crippen LogP contribution in [0.15, 0.2) is 22.9 Å². The molecule has 0 saturated carbocycles. The Kier molecular flexibility index (Phi) is 4.49. The fourth-order valence-corrected chi connectivity index (χ4v) is 2.60. The number of nitrogens with zero attached hydrogens (tertiary/aromatic N) is 2. The zero-order valence-corrected chi connectivity index (χ0v) is 12.9. The van der Waals surface area contributed by atoms with Gasteiger partial charge in [-0.2, -0.15) is 0 Å². The zero-order chi connectivity index (χ0) is 13.8. The minimum absolute atomic E-state index is 0.175. The number of aromatic nitrogens is 2. The van der Waals surface area contributed by atoms with E-state index in [1.165, 1.54) is 0 Å². The summed E-state index contributed by atoms with van der Waals surface area (Å²) in [7, 11) is 1.73. The van der Waals surface area contributed by atoms with E-state index in [0.29, 0.717) is 17.9 Å². The number of carbonyl (C=O) groups excluding carboxylic acids is 1. The number of carbonyl (C=O) groups is 1. The van der Waals surface area contributed by atoms with Crippen LogP contribution in [0, 0.1) is 6.92 Å². The molecule has 0 spiro atoms. The second kappa shape index (κ2) is 6.12. The average molecular weight is 341 g/mol. The van der Waals surface area contributed by atoms with Gasteiger partial charge < -0.3 is 10.6 Å². The van der Waals surface area contributed by atoms with Gasteiger partial charge in [0.2, 0.25) is 0 Å². The quantitative estimate of drug-likeness (QED) is 0.897. The summed E-state index contributed by atoms with van der Waals surface area (Å²) in [6.45, 7) is 2.41. The number of nitrogens with one attached hydrogen (secondary N) is 2. The number of thiazole rings is 1. The highest BCUT2D eigenvalue weighted by molar-refractivity contribution is 9.10. The standard InChI is InChI=1S/C12H13BrN4OS/c1-7-4-15-10(19-7)6-17-12(18)9-3-8(13)5-16-11(9)14-2/h3-5H,6H2,1-2H3,(H,14,16)(H,17,18). The Morgan fingerprint density at radius 3 is 2.84 bits per heavy atom. The number of anilines is 1. The maximum atomic E-state index is 12.1. The summed E-state index contributed by atoms with van der Waals surface area (Å²) in [6.07, 6.45) is 3.44. The molecule has 2 heterocycles. The molecular weight excluding hydrogens is 328 g/mol. The van der Waals surface area contributed by atoms with Gasteiger partial charge in [0.05, 0.1) is 12.1 Å². The van der Waals surface area contributed by atoms with E-state index in [-0.39, 0.29) is 5.91 Å². The highest BCUT2D eigenvalue weighted by Gasteiger charge is 2.13. The predicted molar refractivity (Wildman–Crippen MR) is 79.5 cm³/mol. The lowest BCUT2D eigenvalue weighted by atomic mass is 10.2. The van der Waals surface area contributed by atoms with E-state index in [0.717, 1.165) is 14.4 Å². The lowest BCUT2D eigenvalue weighted by Crippen LogP contribution is -2.24. The number of rotatable bonds is 4. The van der Waals surface area contributed by atoms with Gasteiger partial charge >= 0.3 is 0 Å². The van der Waals surface area contributed by atoms with E-state index in [2.05, 4.69) is 36.5 Å². The van der Waals surface area contributed by atoms with Crippen molar-refractivity contribution in [1.29, 1.82) is 0 Å². The van der Waals surface area contributed by atoms with Crippen molar-refractivity contribution in [3.8, 4) is 0 Å². The van der Waals surface area contributed by atoms with Gasteiger partial charge in [-0.15, -0.1) is 11.3 Å². The van der Waals surface area contributed by atoms with Gasteiger partial charge in [0.1, 0.15) is 10.8 Å². The monoisotopic (exact) mass is 340 g/mol. The van der Waals surface area contributed by atoms with Crippen molar-refractivity contribution in [2.45, 2.75) is 13.5 Å². The molecule has 5 nitrogen and oxygen atoms in total. The van der Waals surface area contributed by atoms with Crippen LogP contribution in [0.5, 0.6) is 0 Å². The Balaban J connectivity index is 2.09. The van der Waals surface area contributed by atoms with Crippen molar-refractivity contribution in [3.63, 3.8) is 0 Å². The molecular formula is C12H13BrN4OS. The summed E-state index contributed by atoms with van der Waals surface area (Å²) in [5, 5.41) is 6.63. The highest BCUT2D eigenvalue weighted by Crippen LogP contribution is 2.18. The van der Waals surface area contributed by atoms with Gasteiger partial charge in [-0.25, -0.2) is 9.97 Å². The summed E-state index contributed by atoms with van der Waals surface area (Å²) >= 11 is 4.88. The van der Waals surface area contributed by atoms with Crippen LogP contribution < -0.4 is 10.6 Å². The third-order valence-corrected chi connectivity index (χ3v) is 3.75. The molecule has 1 amide bonds. The number of aryl methyl sites for hydroxylation is 1. The fourth-order valence-electron chi connectivity index (χ4n) is 1.55. The van der Waals surface area contributed by atoms with Crippen molar-refractivity contribution in [1.82, 2.24) is 15.3 Å². The van der Waals surface area contributed by atoms with E-state index in [1.54, 1.807) is 36.8 Å².